The summed E-state index contributed by atoms with van der Waals surface area (Å²) < 4.78 is 0. The van der Waals surface area contributed by atoms with Gasteiger partial charge < -0.3 is 5.73 Å². The second kappa shape index (κ2) is 3.89. The molecule has 2 rings (SSSR count). The van der Waals surface area contributed by atoms with Crippen molar-refractivity contribution < 1.29 is 4.79 Å². The van der Waals surface area contributed by atoms with Crippen LogP contribution in [0.3, 0.4) is 0 Å². The van der Waals surface area contributed by atoms with Crippen molar-refractivity contribution in [1.82, 2.24) is 4.98 Å². The van der Waals surface area contributed by atoms with E-state index >= 15 is 0 Å². The zero-order valence-corrected chi connectivity index (χ0v) is 8.90. The number of thiophene rings is 1. The van der Waals surface area contributed by atoms with E-state index in [2.05, 4.69) is 4.98 Å². The number of nitrogens with zero attached hydrogens (tertiary/aromatic N) is 1. The third kappa shape index (κ3) is 2.00. The summed E-state index contributed by atoms with van der Waals surface area (Å²) in [4.78, 5) is 16.1. The van der Waals surface area contributed by atoms with Gasteiger partial charge in [0.15, 0.2) is 0 Å². The summed E-state index contributed by atoms with van der Waals surface area (Å²) >= 11 is 3.11. The van der Waals surface area contributed by atoms with Crippen molar-refractivity contribution in [3.63, 3.8) is 0 Å². The van der Waals surface area contributed by atoms with E-state index in [1.165, 1.54) is 11.3 Å². The average molecular weight is 224 g/mol. The molecule has 0 atom stereocenters. The molecule has 14 heavy (non-hydrogen) atoms. The second-order valence-corrected chi connectivity index (χ2v) is 4.64. The molecule has 2 aromatic rings. The number of carbonyl (C=O) groups is 1. The number of nitrogens with two attached hydrogens (primary N) is 1. The lowest BCUT2D eigenvalue weighted by atomic mass is 10.4. The molecular weight excluding hydrogens is 216 g/mol. The largest absolute Gasteiger partial charge is 0.369 e. The summed E-state index contributed by atoms with van der Waals surface area (Å²) in [6, 6.07) is 3.99. The summed E-state index contributed by atoms with van der Waals surface area (Å²) in [6.07, 6.45) is 0.232. The molecule has 0 aliphatic heterocycles. The number of hydrogen-bond donors (Lipinski definition) is 1. The molecule has 0 radical (unpaired) electrons. The van der Waals surface area contributed by atoms with E-state index in [1.54, 1.807) is 11.3 Å². The molecule has 1 amide bonds. The quantitative estimate of drug-likeness (QED) is 0.865. The highest BCUT2D eigenvalue weighted by Gasteiger charge is 2.06. The number of aromatic nitrogens is 1. The third-order valence-corrected chi connectivity index (χ3v) is 3.39. The Balaban J connectivity index is 2.22. The van der Waals surface area contributed by atoms with Crippen LogP contribution in [0.5, 0.6) is 0 Å². The Kier molecular flexibility index (Phi) is 2.60. The first-order valence-electron chi connectivity index (χ1n) is 4.02. The maximum absolute atomic E-state index is 10.7. The predicted octanol–water partition coefficient (Wildman–Crippen LogP) is 1.90. The van der Waals surface area contributed by atoms with Crippen molar-refractivity contribution in [2.75, 3.05) is 0 Å². The summed E-state index contributed by atoms with van der Waals surface area (Å²) in [5.41, 5.74) is 6.01. The smallest absolute Gasteiger partial charge is 0.224 e. The number of thiazole rings is 1. The van der Waals surface area contributed by atoms with Crippen molar-refractivity contribution in [3.8, 4) is 10.6 Å². The van der Waals surface area contributed by atoms with E-state index in [0.29, 0.717) is 0 Å². The first kappa shape index (κ1) is 9.36. The maximum Gasteiger partial charge on any atom is 0.224 e. The first-order valence-corrected chi connectivity index (χ1v) is 5.78. The van der Waals surface area contributed by atoms with Crippen LogP contribution < -0.4 is 5.73 Å². The highest BCUT2D eigenvalue weighted by molar-refractivity contribution is 7.14. The van der Waals surface area contributed by atoms with E-state index < -0.39 is 0 Å². The van der Waals surface area contributed by atoms with Crippen LogP contribution in [-0.2, 0) is 11.2 Å². The molecular formula is C9H8N2OS2. The molecule has 0 aliphatic rings. The minimum atomic E-state index is -0.336. The minimum absolute atomic E-state index is 0.232. The topological polar surface area (TPSA) is 56.0 Å². The lowest BCUT2D eigenvalue weighted by Crippen LogP contribution is -2.13. The number of hydrogen-bond acceptors (Lipinski definition) is 4. The van der Waals surface area contributed by atoms with E-state index in [9.17, 15) is 4.79 Å². The molecule has 0 spiro atoms. The highest BCUT2D eigenvalue weighted by atomic mass is 32.1. The predicted molar refractivity (Wildman–Crippen MR) is 58.3 cm³/mol. The van der Waals surface area contributed by atoms with Gasteiger partial charge in [-0.3, -0.25) is 4.79 Å². The zero-order valence-electron chi connectivity index (χ0n) is 7.27. The Morgan fingerprint density at radius 1 is 1.50 bits per heavy atom. The molecule has 0 aliphatic carbocycles. The molecule has 0 bridgehead atoms. The van der Waals surface area contributed by atoms with E-state index in [4.69, 9.17) is 5.73 Å². The fraction of sp³-hybridized carbons (Fsp3) is 0.111. The Labute approximate surface area is 89.2 Å². The van der Waals surface area contributed by atoms with E-state index in [-0.39, 0.29) is 12.3 Å². The Hall–Kier alpha value is -1.20. The van der Waals surface area contributed by atoms with Gasteiger partial charge in [0.1, 0.15) is 5.01 Å². The molecule has 3 nitrogen and oxygen atoms in total. The molecule has 2 N–H and O–H groups in total. The lowest BCUT2D eigenvalue weighted by molar-refractivity contribution is -0.117. The highest BCUT2D eigenvalue weighted by Crippen LogP contribution is 2.25. The van der Waals surface area contributed by atoms with Crippen LogP contribution in [0.25, 0.3) is 10.6 Å². The van der Waals surface area contributed by atoms with Crippen LogP contribution in [0, 0.1) is 0 Å². The zero-order chi connectivity index (χ0) is 9.97. The molecule has 0 saturated carbocycles. The molecule has 0 aromatic carbocycles. The van der Waals surface area contributed by atoms with E-state index in [1.807, 2.05) is 22.9 Å². The molecule has 72 valence electrons. The maximum atomic E-state index is 10.7. The van der Waals surface area contributed by atoms with Gasteiger partial charge in [0, 0.05) is 5.38 Å². The summed E-state index contributed by atoms with van der Waals surface area (Å²) in [5.74, 6) is -0.336. The second-order valence-electron chi connectivity index (χ2n) is 2.75. The van der Waals surface area contributed by atoms with Gasteiger partial charge in [-0.05, 0) is 11.4 Å². The number of amides is 1. The van der Waals surface area contributed by atoms with Crippen LogP contribution >= 0.6 is 22.7 Å². The van der Waals surface area contributed by atoms with Crippen molar-refractivity contribution in [2.45, 2.75) is 6.42 Å². The molecule has 0 saturated heterocycles. The van der Waals surface area contributed by atoms with Gasteiger partial charge in [0.25, 0.3) is 0 Å². The Morgan fingerprint density at radius 3 is 3.00 bits per heavy atom. The molecule has 5 heteroatoms. The third-order valence-electron chi connectivity index (χ3n) is 1.65. The van der Waals surface area contributed by atoms with Crippen LogP contribution in [0.2, 0.25) is 0 Å². The summed E-state index contributed by atoms with van der Waals surface area (Å²) in [6.45, 7) is 0. The number of primary amides is 1. The SMILES string of the molecule is NC(=O)Cc1nc(-c2cccs2)cs1. The fourth-order valence-corrected chi connectivity index (χ4v) is 2.64. The van der Waals surface area contributed by atoms with Crippen LogP contribution in [-0.4, -0.2) is 10.9 Å². The monoisotopic (exact) mass is 224 g/mol. The van der Waals surface area contributed by atoms with Gasteiger partial charge in [0.05, 0.1) is 17.0 Å². The van der Waals surface area contributed by atoms with Crippen LogP contribution in [0.4, 0.5) is 0 Å². The molecule has 2 aromatic heterocycles. The fourth-order valence-electron chi connectivity index (χ4n) is 1.08. The van der Waals surface area contributed by atoms with Crippen LogP contribution in [0.15, 0.2) is 22.9 Å². The first-order chi connectivity index (χ1) is 6.75. The van der Waals surface area contributed by atoms with E-state index in [0.717, 1.165) is 15.6 Å². The number of carbonyl (C=O) groups excluding carboxylic acids is 1. The van der Waals surface area contributed by atoms with Gasteiger partial charge in [-0.15, -0.1) is 22.7 Å². The van der Waals surface area contributed by atoms with Gasteiger partial charge in [0.2, 0.25) is 5.91 Å². The summed E-state index contributed by atoms with van der Waals surface area (Å²) in [5, 5.41) is 4.73. The van der Waals surface area contributed by atoms with Gasteiger partial charge in [-0.25, -0.2) is 4.98 Å². The standard InChI is InChI=1S/C9H8N2OS2/c10-8(12)4-9-11-6(5-14-9)7-2-1-3-13-7/h1-3,5H,4H2,(H2,10,12). The van der Waals surface area contributed by atoms with Gasteiger partial charge >= 0.3 is 0 Å². The molecule has 0 unspecified atom stereocenters. The Morgan fingerprint density at radius 2 is 2.36 bits per heavy atom. The van der Waals surface area contributed by atoms with Crippen molar-refractivity contribution in [1.29, 1.82) is 0 Å². The van der Waals surface area contributed by atoms with Crippen molar-refractivity contribution in [2.24, 2.45) is 5.73 Å². The van der Waals surface area contributed by atoms with Crippen LogP contribution in [0.1, 0.15) is 5.01 Å². The average Bonchev–Trinajstić information content (AvgIpc) is 2.69. The normalized spacial score (nSPS) is 10.3. The lowest BCUT2D eigenvalue weighted by Gasteiger charge is -1.89. The summed E-state index contributed by atoms with van der Waals surface area (Å²) in [7, 11) is 0. The minimum Gasteiger partial charge on any atom is -0.369 e. The molecule has 2 heterocycles. The van der Waals surface area contributed by atoms with Gasteiger partial charge in [-0.2, -0.15) is 0 Å². The Bertz CT molecular complexity index is 433. The number of rotatable bonds is 3. The molecule has 0 fully saturated rings. The van der Waals surface area contributed by atoms with Crippen molar-refractivity contribution in [3.05, 3.63) is 27.9 Å². The van der Waals surface area contributed by atoms with Crippen molar-refractivity contribution >= 4 is 28.6 Å². The van der Waals surface area contributed by atoms with Gasteiger partial charge in [-0.1, -0.05) is 6.07 Å².